The van der Waals surface area contributed by atoms with Crippen LogP contribution in [0.3, 0.4) is 0 Å². The van der Waals surface area contributed by atoms with Gasteiger partial charge < -0.3 is 5.73 Å². The van der Waals surface area contributed by atoms with Crippen molar-refractivity contribution < 1.29 is 0 Å². The molecule has 1 aromatic carbocycles. The summed E-state index contributed by atoms with van der Waals surface area (Å²) in [6.07, 6.45) is 2.06. The summed E-state index contributed by atoms with van der Waals surface area (Å²) >= 11 is 9.26. The SMILES string of the molecule is CSc1cc2c(N)csc2cc1CCl. The van der Waals surface area contributed by atoms with Gasteiger partial charge >= 0.3 is 0 Å². The minimum absolute atomic E-state index is 0.559. The summed E-state index contributed by atoms with van der Waals surface area (Å²) in [6.45, 7) is 0. The van der Waals surface area contributed by atoms with E-state index in [0.29, 0.717) is 5.88 Å². The lowest BCUT2D eigenvalue weighted by Crippen LogP contribution is -1.85. The number of anilines is 1. The number of fused-ring (bicyclic) bond motifs is 1. The minimum atomic E-state index is 0.559. The Labute approximate surface area is 96.2 Å². The van der Waals surface area contributed by atoms with Crippen LogP contribution in [0, 0.1) is 0 Å². The lowest BCUT2D eigenvalue weighted by Gasteiger charge is -2.04. The maximum absolute atomic E-state index is 5.88. The van der Waals surface area contributed by atoms with Crippen molar-refractivity contribution in [3.05, 3.63) is 23.1 Å². The highest BCUT2D eigenvalue weighted by Crippen LogP contribution is 2.34. The van der Waals surface area contributed by atoms with Crippen LogP contribution in [0.4, 0.5) is 5.69 Å². The fraction of sp³-hybridized carbons (Fsp3) is 0.200. The van der Waals surface area contributed by atoms with E-state index in [1.165, 1.54) is 15.2 Å². The molecule has 0 aliphatic rings. The second-order valence-corrected chi connectivity index (χ2v) is 5.01. The summed E-state index contributed by atoms with van der Waals surface area (Å²) < 4.78 is 1.22. The number of hydrogen-bond acceptors (Lipinski definition) is 3. The maximum Gasteiger partial charge on any atom is 0.0503 e. The molecule has 0 atom stereocenters. The van der Waals surface area contributed by atoms with E-state index in [9.17, 15) is 0 Å². The number of halogens is 1. The van der Waals surface area contributed by atoms with Crippen LogP contribution in [-0.2, 0) is 5.88 Å². The Morgan fingerprint density at radius 2 is 2.29 bits per heavy atom. The molecule has 0 radical (unpaired) electrons. The molecule has 1 aromatic heterocycles. The first-order valence-corrected chi connectivity index (χ1v) is 6.79. The Balaban J connectivity index is 2.71. The van der Waals surface area contributed by atoms with E-state index in [0.717, 1.165) is 11.1 Å². The van der Waals surface area contributed by atoms with Gasteiger partial charge in [-0.05, 0) is 24.0 Å². The van der Waals surface area contributed by atoms with Crippen molar-refractivity contribution in [2.45, 2.75) is 10.8 Å². The number of nitrogen functional groups attached to an aromatic ring is 1. The van der Waals surface area contributed by atoms with Crippen LogP contribution in [0.15, 0.2) is 22.4 Å². The van der Waals surface area contributed by atoms with E-state index >= 15 is 0 Å². The van der Waals surface area contributed by atoms with Crippen LogP contribution in [0.1, 0.15) is 5.56 Å². The Kier molecular flexibility index (Phi) is 2.91. The molecule has 0 aliphatic heterocycles. The molecule has 2 aromatic rings. The van der Waals surface area contributed by atoms with Crippen LogP contribution in [-0.4, -0.2) is 6.26 Å². The minimum Gasteiger partial charge on any atom is -0.398 e. The number of alkyl halides is 1. The third-order valence-electron chi connectivity index (χ3n) is 2.15. The molecule has 14 heavy (non-hydrogen) atoms. The van der Waals surface area contributed by atoms with Crippen LogP contribution >= 0.6 is 34.7 Å². The Morgan fingerprint density at radius 3 is 2.93 bits per heavy atom. The van der Waals surface area contributed by atoms with Crippen molar-refractivity contribution in [1.82, 2.24) is 0 Å². The third-order valence-corrected chi connectivity index (χ3v) is 4.22. The Morgan fingerprint density at radius 1 is 1.50 bits per heavy atom. The summed E-state index contributed by atoms with van der Waals surface area (Å²) in [6, 6.07) is 4.26. The number of rotatable bonds is 2. The zero-order chi connectivity index (χ0) is 10.1. The highest BCUT2D eigenvalue weighted by molar-refractivity contribution is 7.98. The van der Waals surface area contributed by atoms with Gasteiger partial charge in [0, 0.05) is 26.2 Å². The molecule has 0 saturated heterocycles. The van der Waals surface area contributed by atoms with E-state index in [1.54, 1.807) is 23.1 Å². The lowest BCUT2D eigenvalue weighted by molar-refractivity contribution is 1.29. The first kappa shape index (κ1) is 10.1. The molecule has 1 heterocycles. The molecule has 1 nitrogen and oxygen atoms in total. The van der Waals surface area contributed by atoms with Crippen LogP contribution in [0.5, 0.6) is 0 Å². The predicted molar refractivity (Wildman–Crippen MR) is 67.6 cm³/mol. The average molecular weight is 244 g/mol. The normalized spacial score (nSPS) is 11.0. The van der Waals surface area contributed by atoms with Crippen molar-refractivity contribution in [1.29, 1.82) is 0 Å². The summed E-state index contributed by atoms with van der Waals surface area (Å²) in [5, 5.41) is 3.13. The predicted octanol–water partition coefficient (Wildman–Crippen LogP) is 3.94. The van der Waals surface area contributed by atoms with Crippen LogP contribution in [0.2, 0.25) is 0 Å². The van der Waals surface area contributed by atoms with Gasteiger partial charge in [0.1, 0.15) is 0 Å². The summed E-state index contributed by atoms with van der Waals surface area (Å²) in [7, 11) is 0. The van der Waals surface area contributed by atoms with Crippen LogP contribution < -0.4 is 5.73 Å². The molecule has 0 unspecified atom stereocenters. The highest BCUT2D eigenvalue weighted by Gasteiger charge is 2.06. The van der Waals surface area contributed by atoms with Crippen LogP contribution in [0.25, 0.3) is 10.1 Å². The van der Waals surface area contributed by atoms with E-state index in [4.69, 9.17) is 17.3 Å². The highest BCUT2D eigenvalue weighted by atomic mass is 35.5. The third kappa shape index (κ3) is 1.60. The van der Waals surface area contributed by atoms with Gasteiger partial charge in [0.2, 0.25) is 0 Å². The largest absolute Gasteiger partial charge is 0.398 e. The number of hydrogen-bond donors (Lipinski definition) is 1. The van der Waals surface area contributed by atoms with Gasteiger partial charge in [-0.15, -0.1) is 34.7 Å². The molecule has 0 aliphatic carbocycles. The molecule has 0 spiro atoms. The van der Waals surface area contributed by atoms with Crippen molar-refractivity contribution in [3.63, 3.8) is 0 Å². The van der Waals surface area contributed by atoms with E-state index in [2.05, 4.69) is 18.4 Å². The molecule has 0 amide bonds. The molecule has 0 saturated carbocycles. The van der Waals surface area contributed by atoms with Gasteiger partial charge in [-0.25, -0.2) is 0 Å². The van der Waals surface area contributed by atoms with Crippen molar-refractivity contribution in [2.75, 3.05) is 12.0 Å². The molecule has 0 fully saturated rings. The number of nitrogens with two attached hydrogens (primary N) is 1. The van der Waals surface area contributed by atoms with Gasteiger partial charge in [-0.3, -0.25) is 0 Å². The van der Waals surface area contributed by atoms with Crippen molar-refractivity contribution >= 4 is 50.5 Å². The first-order chi connectivity index (χ1) is 6.76. The summed E-state index contributed by atoms with van der Waals surface area (Å²) in [5.74, 6) is 0.559. The quantitative estimate of drug-likeness (QED) is 0.639. The van der Waals surface area contributed by atoms with Crippen molar-refractivity contribution in [2.24, 2.45) is 0 Å². The number of thiophene rings is 1. The van der Waals surface area contributed by atoms with Gasteiger partial charge in [0.25, 0.3) is 0 Å². The zero-order valence-electron chi connectivity index (χ0n) is 7.71. The number of benzene rings is 1. The fourth-order valence-corrected chi connectivity index (χ4v) is 3.23. The molecule has 0 bridgehead atoms. The van der Waals surface area contributed by atoms with Gasteiger partial charge in [0.15, 0.2) is 0 Å². The first-order valence-electron chi connectivity index (χ1n) is 4.16. The molecule has 4 heteroatoms. The monoisotopic (exact) mass is 243 g/mol. The zero-order valence-corrected chi connectivity index (χ0v) is 10.1. The summed E-state index contributed by atoms with van der Waals surface area (Å²) in [5.41, 5.74) is 7.91. The second kappa shape index (κ2) is 4.01. The maximum atomic E-state index is 5.88. The second-order valence-electron chi connectivity index (χ2n) is 2.98. The smallest absolute Gasteiger partial charge is 0.0503 e. The standard InChI is InChI=1S/C10H10ClNS2/c1-13-9-3-7-8(12)5-14-10(7)2-6(9)4-11/h2-3,5H,4,12H2,1H3. The molecular formula is C10H10ClNS2. The summed E-state index contributed by atoms with van der Waals surface area (Å²) in [4.78, 5) is 1.22. The van der Waals surface area contributed by atoms with E-state index in [1.807, 2.05) is 5.38 Å². The van der Waals surface area contributed by atoms with Gasteiger partial charge in [-0.1, -0.05) is 0 Å². The Hall–Kier alpha value is -0.380. The molecule has 74 valence electrons. The lowest BCUT2D eigenvalue weighted by atomic mass is 10.2. The fourth-order valence-electron chi connectivity index (χ4n) is 1.41. The van der Waals surface area contributed by atoms with Crippen molar-refractivity contribution in [3.8, 4) is 0 Å². The number of thioether (sulfide) groups is 1. The molecule has 2 N–H and O–H groups in total. The molecule has 2 rings (SSSR count). The van der Waals surface area contributed by atoms with Gasteiger partial charge in [0.05, 0.1) is 5.69 Å². The Bertz CT molecular complexity index is 464. The van der Waals surface area contributed by atoms with E-state index in [-0.39, 0.29) is 0 Å². The van der Waals surface area contributed by atoms with E-state index < -0.39 is 0 Å². The average Bonchev–Trinajstić information content (AvgIpc) is 2.58. The molecular weight excluding hydrogens is 234 g/mol. The topological polar surface area (TPSA) is 26.0 Å². The van der Waals surface area contributed by atoms with Gasteiger partial charge in [-0.2, -0.15) is 0 Å².